The van der Waals surface area contributed by atoms with E-state index in [0.29, 0.717) is 29.8 Å². The first-order chi connectivity index (χ1) is 14.1. The molecule has 3 N–H and O–H groups in total. The molecule has 2 aromatic rings. The summed E-state index contributed by atoms with van der Waals surface area (Å²) in [5.41, 5.74) is 1.93. The molecule has 0 radical (unpaired) electrons. The normalized spacial score (nSPS) is 23.3. The number of benzene rings is 2. The van der Waals surface area contributed by atoms with Gasteiger partial charge in [0.2, 0.25) is 5.91 Å². The molecule has 1 saturated carbocycles. The quantitative estimate of drug-likeness (QED) is 0.724. The number of hydrogen-bond donors (Lipinski definition) is 3. The fourth-order valence-electron chi connectivity index (χ4n) is 4.40. The van der Waals surface area contributed by atoms with Crippen molar-refractivity contribution in [3.8, 4) is 0 Å². The molecule has 2 aliphatic rings. The summed E-state index contributed by atoms with van der Waals surface area (Å²) in [6.45, 7) is 0.409. The van der Waals surface area contributed by atoms with Crippen molar-refractivity contribution in [3.05, 3.63) is 65.5 Å². The average molecular weight is 395 g/mol. The Morgan fingerprint density at radius 1 is 1.07 bits per heavy atom. The van der Waals surface area contributed by atoms with Gasteiger partial charge in [0.05, 0.1) is 6.04 Å². The van der Waals surface area contributed by atoms with Crippen molar-refractivity contribution in [2.24, 2.45) is 5.92 Å². The molecule has 1 aliphatic carbocycles. The largest absolute Gasteiger partial charge is 0.351 e. The Bertz CT molecular complexity index is 870. The van der Waals surface area contributed by atoms with Crippen LogP contribution in [-0.2, 0) is 11.3 Å². The molecule has 0 aromatic heterocycles. The summed E-state index contributed by atoms with van der Waals surface area (Å²) in [5, 5.41) is 9.31. The van der Waals surface area contributed by atoms with Crippen LogP contribution in [0.4, 0.5) is 10.1 Å². The first-order valence-electron chi connectivity index (χ1n) is 10.3. The number of anilines is 1. The van der Waals surface area contributed by atoms with Crippen LogP contribution in [-0.4, -0.2) is 23.9 Å². The number of hydrogen-bond acceptors (Lipinski definition) is 3. The number of carbonyl (C=O) groups is 2. The fraction of sp³-hybridized carbons (Fsp3) is 0.391. The lowest BCUT2D eigenvalue weighted by atomic mass is 9.85. The smallest absolute Gasteiger partial charge is 0.255 e. The van der Waals surface area contributed by atoms with Gasteiger partial charge in [-0.2, -0.15) is 0 Å². The summed E-state index contributed by atoms with van der Waals surface area (Å²) < 4.78 is 13.0. The van der Waals surface area contributed by atoms with Crippen LogP contribution >= 0.6 is 0 Å². The summed E-state index contributed by atoms with van der Waals surface area (Å²) in [4.78, 5) is 24.9. The third-order valence-electron chi connectivity index (χ3n) is 5.94. The zero-order valence-electron chi connectivity index (χ0n) is 16.3. The second kappa shape index (κ2) is 8.74. The zero-order valence-corrected chi connectivity index (χ0v) is 16.3. The van der Waals surface area contributed by atoms with Gasteiger partial charge in [-0.15, -0.1) is 0 Å². The van der Waals surface area contributed by atoms with Crippen molar-refractivity contribution in [2.75, 3.05) is 5.32 Å². The highest BCUT2D eigenvalue weighted by Crippen LogP contribution is 2.33. The van der Waals surface area contributed by atoms with Gasteiger partial charge >= 0.3 is 0 Å². The molecular weight excluding hydrogens is 369 g/mol. The standard InChI is InChI=1S/C23H26FN3O2/c24-18-10-8-16(9-11-18)22(28)26-19-6-3-4-15(12-19)14-25-23(29)21-13-17-5-1-2-7-20(17)27-21/h3-4,6,8-12,17,20-21,27H,1-2,5,7,13-14H2,(H,25,29)(H,26,28). The SMILES string of the molecule is O=C(Nc1cccc(CNC(=O)C2CC3CCCCC3N2)c1)c1ccc(F)cc1. The van der Waals surface area contributed by atoms with Gasteiger partial charge in [0, 0.05) is 23.8 Å². The van der Waals surface area contributed by atoms with Crippen molar-refractivity contribution in [2.45, 2.75) is 50.7 Å². The lowest BCUT2D eigenvalue weighted by Crippen LogP contribution is -2.42. The van der Waals surface area contributed by atoms with Crippen LogP contribution in [0.3, 0.4) is 0 Å². The summed E-state index contributed by atoms with van der Waals surface area (Å²) in [6, 6.07) is 13.2. The number of carbonyl (C=O) groups excluding carboxylic acids is 2. The van der Waals surface area contributed by atoms with E-state index < -0.39 is 0 Å². The van der Waals surface area contributed by atoms with E-state index >= 15 is 0 Å². The Balaban J connectivity index is 1.31. The summed E-state index contributed by atoms with van der Waals surface area (Å²) >= 11 is 0. The molecule has 152 valence electrons. The molecule has 0 bridgehead atoms. The second-order valence-corrected chi connectivity index (χ2v) is 7.99. The van der Waals surface area contributed by atoms with E-state index in [2.05, 4.69) is 16.0 Å². The van der Waals surface area contributed by atoms with Gasteiger partial charge in [0.25, 0.3) is 5.91 Å². The third-order valence-corrected chi connectivity index (χ3v) is 5.94. The maximum absolute atomic E-state index is 13.0. The Labute approximate surface area is 170 Å². The Morgan fingerprint density at radius 2 is 1.86 bits per heavy atom. The lowest BCUT2D eigenvalue weighted by molar-refractivity contribution is -0.123. The molecule has 1 saturated heterocycles. The van der Waals surface area contributed by atoms with Crippen LogP contribution in [0, 0.1) is 11.7 Å². The monoisotopic (exact) mass is 395 g/mol. The van der Waals surface area contributed by atoms with E-state index in [0.717, 1.165) is 12.0 Å². The highest BCUT2D eigenvalue weighted by Gasteiger charge is 2.37. The van der Waals surface area contributed by atoms with Crippen LogP contribution in [0.1, 0.15) is 48.0 Å². The summed E-state index contributed by atoms with van der Waals surface area (Å²) in [7, 11) is 0. The maximum atomic E-state index is 13.0. The predicted molar refractivity (Wildman–Crippen MR) is 110 cm³/mol. The number of halogens is 1. The van der Waals surface area contributed by atoms with Gasteiger partial charge in [0.15, 0.2) is 0 Å². The van der Waals surface area contributed by atoms with Crippen molar-refractivity contribution in [1.82, 2.24) is 10.6 Å². The van der Waals surface area contributed by atoms with Crippen LogP contribution in [0.5, 0.6) is 0 Å². The number of fused-ring (bicyclic) bond motifs is 1. The number of nitrogens with one attached hydrogen (secondary N) is 3. The maximum Gasteiger partial charge on any atom is 0.255 e. The van der Waals surface area contributed by atoms with Crippen LogP contribution in [0.25, 0.3) is 0 Å². The third kappa shape index (κ3) is 4.82. The lowest BCUT2D eigenvalue weighted by Gasteiger charge is -2.24. The molecule has 0 spiro atoms. The molecule has 3 unspecified atom stereocenters. The van der Waals surface area contributed by atoms with Crippen molar-refractivity contribution in [1.29, 1.82) is 0 Å². The Morgan fingerprint density at radius 3 is 2.66 bits per heavy atom. The minimum absolute atomic E-state index is 0.0418. The van der Waals surface area contributed by atoms with E-state index in [4.69, 9.17) is 0 Å². The van der Waals surface area contributed by atoms with Crippen LogP contribution in [0.15, 0.2) is 48.5 Å². The van der Waals surface area contributed by atoms with Crippen molar-refractivity contribution >= 4 is 17.5 Å². The Kier molecular flexibility index (Phi) is 5.90. The second-order valence-electron chi connectivity index (χ2n) is 7.99. The molecule has 5 nitrogen and oxygen atoms in total. The summed E-state index contributed by atoms with van der Waals surface area (Å²) in [6.07, 6.45) is 5.83. The molecule has 2 fully saturated rings. The molecule has 2 aromatic carbocycles. The molecule has 3 atom stereocenters. The molecule has 1 heterocycles. The topological polar surface area (TPSA) is 70.2 Å². The van der Waals surface area contributed by atoms with Crippen LogP contribution < -0.4 is 16.0 Å². The fourth-order valence-corrected chi connectivity index (χ4v) is 4.40. The molecule has 4 rings (SSSR count). The van der Waals surface area contributed by atoms with E-state index in [-0.39, 0.29) is 23.7 Å². The number of rotatable bonds is 5. The molecule has 29 heavy (non-hydrogen) atoms. The van der Waals surface area contributed by atoms with E-state index in [9.17, 15) is 14.0 Å². The average Bonchev–Trinajstić information content (AvgIpc) is 3.17. The first-order valence-corrected chi connectivity index (χ1v) is 10.3. The van der Waals surface area contributed by atoms with E-state index in [1.165, 1.54) is 49.9 Å². The highest BCUT2D eigenvalue weighted by atomic mass is 19.1. The van der Waals surface area contributed by atoms with Gasteiger partial charge in [-0.3, -0.25) is 9.59 Å². The molecular formula is C23H26FN3O2. The van der Waals surface area contributed by atoms with Gasteiger partial charge < -0.3 is 16.0 Å². The van der Waals surface area contributed by atoms with Gasteiger partial charge in [0.1, 0.15) is 5.82 Å². The van der Waals surface area contributed by atoms with Gasteiger partial charge in [-0.25, -0.2) is 4.39 Å². The van der Waals surface area contributed by atoms with Gasteiger partial charge in [-0.05, 0) is 67.1 Å². The van der Waals surface area contributed by atoms with Gasteiger partial charge in [-0.1, -0.05) is 25.0 Å². The van der Waals surface area contributed by atoms with E-state index in [1.54, 1.807) is 6.07 Å². The first kappa shape index (κ1) is 19.6. The van der Waals surface area contributed by atoms with E-state index in [1.807, 2.05) is 18.2 Å². The number of amides is 2. The predicted octanol–water partition coefficient (Wildman–Crippen LogP) is 3.61. The Hall–Kier alpha value is -2.73. The zero-order chi connectivity index (χ0) is 20.2. The van der Waals surface area contributed by atoms with Crippen molar-refractivity contribution < 1.29 is 14.0 Å². The van der Waals surface area contributed by atoms with Crippen LogP contribution in [0.2, 0.25) is 0 Å². The highest BCUT2D eigenvalue weighted by molar-refractivity contribution is 6.04. The summed E-state index contributed by atoms with van der Waals surface area (Å²) in [5.74, 6) is -0.0103. The van der Waals surface area contributed by atoms with Crippen molar-refractivity contribution in [3.63, 3.8) is 0 Å². The molecule has 2 amide bonds. The minimum Gasteiger partial charge on any atom is -0.351 e. The minimum atomic E-state index is -0.379. The molecule has 1 aliphatic heterocycles. The molecule has 6 heteroatoms.